The molecule has 0 aromatic heterocycles. The first-order valence-electron chi connectivity index (χ1n) is 15.2. The van der Waals surface area contributed by atoms with Crippen LogP contribution in [0.15, 0.2) is 24.3 Å². The van der Waals surface area contributed by atoms with E-state index in [0.717, 1.165) is 77.0 Å². The number of rotatable bonds is 26. The molecule has 0 aliphatic heterocycles. The second-order valence-corrected chi connectivity index (χ2v) is 12.9. The van der Waals surface area contributed by atoms with Crippen LogP contribution in [0.2, 0.25) is 0 Å². The number of likely N-dealkylation sites (N-methyl/N-ethyl adjacent to an activating group) is 1. The van der Waals surface area contributed by atoms with Crippen molar-refractivity contribution in [3.8, 4) is 0 Å². The van der Waals surface area contributed by atoms with Crippen LogP contribution in [-0.4, -0.2) is 68.5 Å². The van der Waals surface area contributed by atoms with Crippen LogP contribution in [0.4, 0.5) is 0 Å². The summed E-state index contributed by atoms with van der Waals surface area (Å²) in [5.41, 5.74) is 0. The van der Waals surface area contributed by atoms with E-state index in [1.807, 2.05) is 21.1 Å². The largest absolute Gasteiger partial charge is 0.756 e. The second-order valence-electron chi connectivity index (χ2n) is 11.5. The number of allylic oxidation sites excluding steroid dienone is 4. The lowest BCUT2D eigenvalue weighted by atomic mass is 10.0. The van der Waals surface area contributed by atoms with E-state index in [4.69, 9.17) is 9.05 Å². The van der Waals surface area contributed by atoms with Gasteiger partial charge in [-0.2, -0.15) is 0 Å². The molecule has 9 heteroatoms. The summed E-state index contributed by atoms with van der Waals surface area (Å²) in [6, 6.07) is -0.799. The number of carbonyl (C=O) groups excluding carboxylic acids is 1. The van der Waals surface area contributed by atoms with Crippen molar-refractivity contribution in [1.82, 2.24) is 5.32 Å². The summed E-state index contributed by atoms with van der Waals surface area (Å²) in [6.45, 7) is 4.47. The maximum absolute atomic E-state index is 12.6. The molecular formula is C30H59N2O6P. The molecule has 0 aromatic rings. The average Bonchev–Trinajstić information content (AvgIpc) is 2.86. The quantitative estimate of drug-likeness (QED) is 0.0564. The summed E-state index contributed by atoms with van der Waals surface area (Å²) in [5.74, 6) is -0.193. The van der Waals surface area contributed by atoms with Crippen LogP contribution in [0.25, 0.3) is 0 Å². The summed E-state index contributed by atoms with van der Waals surface area (Å²) in [5, 5.41) is 13.5. The molecule has 0 bridgehead atoms. The minimum absolute atomic E-state index is 0.00749. The Morgan fingerprint density at radius 3 is 2.21 bits per heavy atom. The van der Waals surface area contributed by atoms with E-state index in [2.05, 4.69) is 43.5 Å². The van der Waals surface area contributed by atoms with E-state index >= 15 is 0 Å². The minimum Gasteiger partial charge on any atom is -0.756 e. The predicted octanol–water partition coefficient (Wildman–Crippen LogP) is 6.04. The average molecular weight is 575 g/mol. The zero-order valence-electron chi connectivity index (χ0n) is 25.6. The Bertz CT molecular complexity index is 708. The number of nitrogens with one attached hydrogen (secondary N) is 1. The van der Waals surface area contributed by atoms with Gasteiger partial charge in [0.05, 0.1) is 39.9 Å². The van der Waals surface area contributed by atoms with Gasteiger partial charge in [-0.25, -0.2) is 0 Å². The fourth-order valence-corrected chi connectivity index (χ4v) is 4.62. The molecule has 0 saturated heterocycles. The lowest BCUT2D eigenvalue weighted by Gasteiger charge is -2.30. The van der Waals surface area contributed by atoms with Crippen molar-refractivity contribution < 1.29 is 32.9 Å². The normalized spacial score (nSPS) is 15.6. The van der Waals surface area contributed by atoms with E-state index in [1.165, 1.54) is 6.42 Å². The Morgan fingerprint density at radius 2 is 1.54 bits per heavy atom. The standard InChI is InChI=1S/C30H59N2O6P/c1-6-8-10-12-13-14-15-16-17-18-19-20-22-24-30(34)31-28(29(33)23-21-11-9-7-2)27-38-39(35,36)37-26-25-32(3,4)5/h10,12,14-15,28-29,33H,6-9,11,13,16-27H2,1-5H3,(H-,31,34,35,36)/b12-10-,15-14-. The Hall–Kier alpha value is -1.02. The van der Waals surface area contributed by atoms with Crippen molar-refractivity contribution in [2.24, 2.45) is 0 Å². The van der Waals surface area contributed by atoms with Crippen LogP contribution in [0, 0.1) is 0 Å². The Kier molecular flexibility index (Phi) is 23.0. The highest BCUT2D eigenvalue weighted by molar-refractivity contribution is 7.45. The molecule has 0 radical (unpaired) electrons. The number of hydrogen-bond donors (Lipinski definition) is 2. The summed E-state index contributed by atoms with van der Waals surface area (Å²) in [7, 11) is 1.28. The lowest BCUT2D eigenvalue weighted by Crippen LogP contribution is -2.46. The van der Waals surface area contributed by atoms with Crippen molar-refractivity contribution in [3.63, 3.8) is 0 Å². The zero-order valence-corrected chi connectivity index (χ0v) is 26.5. The second kappa shape index (κ2) is 23.7. The third-order valence-electron chi connectivity index (χ3n) is 6.42. The monoisotopic (exact) mass is 574 g/mol. The molecule has 230 valence electrons. The molecule has 0 fully saturated rings. The molecule has 0 spiro atoms. The maximum atomic E-state index is 12.6. The number of aliphatic hydroxyl groups excluding tert-OH is 1. The molecule has 39 heavy (non-hydrogen) atoms. The number of phosphoric acid groups is 1. The van der Waals surface area contributed by atoms with Crippen LogP contribution < -0.4 is 10.2 Å². The van der Waals surface area contributed by atoms with Gasteiger partial charge in [-0.1, -0.05) is 89.5 Å². The van der Waals surface area contributed by atoms with Crippen LogP contribution in [0.5, 0.6) is 0 Å². The van der Waals surface area contributed by atoms with E-state index in [1.54, 1.807) is 0 Å². The van der Waals surface area contributed by atoms with Gasteiger partial charge >= 0.3 is 0 Å². The number of hydrogen-bond acceptors (Lipinski definition) is 6. The molecule has 0 heterocycles. The first kappa shape index (κ1) is 38.0. The van der Waals surface area contributed by atoms with Gasteiger partial charge in [0.25, 0.3) is 7.82 Å². The molecule has 8 nitrogen and oxygen atoms in total. The van der Waals surface area contributed by atoms with Crippen molar-refractivity contribution in [3.05, 3.63) is 24.3 Å². The number of unbranched alkanes of at least 4 members (excludes halogenated alkanes) is 9. The van der Waals surface area contributed by atoms with E-state index in [0.29, 0.717) is 23.9 Å². The third kappa shape index (κ3) is 25.7. The first-order chi connectivity index (χ1) is 18.5. The first-order valence-corrected chi connectivity index (χ1v) is 16.6. The Morgan fingerprint density at radius 1 is 0.897 bits per heavy atom. The Labute approximate surface area is 239 Å². The molecule has 3 atom stereocenters. The molecular weight excluding hydrogens is 515 g/mol. The summed E-state index contributed by atoms with van der Waals surface area (Å²) >= 11 is 0. The van der Waals surface area contributed by atoms with Gasteiger partial charge in [0.2, 0.25) is 5.91 Å². The fourth-order valence-electron chi connectivity index (χ4n) is 3.90. The van der Waals surface area contributed by atoms with Crippen molar-refractivity contribution in [2.45, 2.75) is 122 Å². The molecule has 0 saturated carbocycles. The highest BCUT2D eigenvalue weighted by Gasteiger charge is 2.24. The summed E-state index contributed by atoms with van der Waals surface area (Å²) in [4.78, 5) is 24.8. The van der Waals surface area contributed by atoms with Gasteiger partial charge in [0.1, 0.15) is 13.2 Å². The molecule has 1 amide bonds. The smallest absolute Gasteiger partial charge is 0.268 e. The number of phosphoric ester groups is 1. The molecule has 0 aromatic carbocycles. The highest BCUT2D eigenvalue weighted by Crippen LogP contribution is 2.38. The van der Waals surface area contributed by atoms with Crippen molar-refractivity contribution in [1.29, 1.82) is 0 Å². The number of amides is 1. The van der Waals surface area contributed by atoms with Crippen molar-refractivity contribution >= 4 is 13.7 Å². The number of nitrogens with zero attached hydrogens (tertiary/aromatic N) is 1. The lowest BCUT2D eigenvalue weighted by molar-refractivity contribution is -0.870. The van der Waals surface area contributed by atoms with E-state index < -0.39 is 20.0 Å². The summed E-state index contributed by atoms with van der Waals surface area (Å²) in [6.07, 6.45) is 22.3. The van der Waals surface area contributed by atoms with Gasteiger partial charge in [-0.15, -0.1) is 0 Å². The van der Waals surface area contributed by atoms with Crippen LogP contribution in [0.3, 0.4) is 0 Å². The third-order valence-corrected chi connectivity index (χ3v) is 7.39. The topological polar surface area (TPSA) is 108 Å². The molecule has 0 rings (SSSR count). The zero-order chi connectivity index (χ0) is 29.4. The van der Waals surface area contributed by atoms with Gasteiger partial charge in [0, 0.05) is 6.42 Å². The molecule has 2 N–H and O–H groups in total. The fraction of sp³-hybridized carbons (Fsp3) is 0.833. The molecule has 3 unspecified atom stereocenters. The van der Waals surface area contributed by atoms with Gasteiger partial charge < -0.3 is 28.8 Å². The van der Waals surface area contributed by atoms with E-state index in [9.17, 15) is 19.4 Å². The highest BCUT2D eigenvalue weighted by atomic mass is 31.2. The van der Waals surface area contributed by atoms with Crippen LogP contribution in [0.1, 0.15) is 110 Å². The molecule has 0 aliphatic carbocycles. The number of quaternary nitrogens is 1. The minimum atomic E-state index is -4.53. The molecule has 0 aliphatic rings. The maximum Gasteiger partial charge on any atom is 0.268 e. The van der Waals surface area contributed by atoms with E-state index in [-0.39, 0.29) is 19.1 Å². The predicted molar refractivity (Wildman–Crippen MR) is 159 cm³/mol. The number of carbonyl (C=O) groups is 1. The van der Waals surface area contributed by atoms with Crippen molar-refractivity contribution in [2.75, 3.05) is 40.9 Å². The SMILES string of the molecule is CCC/C=C\C/C=C\CCCCCCCC(=O)NC(COP(=O)([O-])OCC[N+](C)(C)C)C(O)CCCCCC. The summed E-state index contributed by atoms with van der Waals surface area (Å²) < 4.78 is 22.8. The van der Waals surface area contributed by atoms with Gasteiger partial charge in [0.15, 0.2) is 0 Å². The van der Waals surface area contributed by atoms with Gasteiger partial charge in [-0.05, 0) is 38.5 Å². The van der Waals surface area contributed by atoms with Gasteiger partial charge in [-0.3, -0.25) is 9.36 Å². The number of aliphatic hydroxyl groups is 1. The Balaban J connectivity index is 4.43. The van der Waals surface area contributed by atoms with Crippen LogP contribution >= 0.6 is 7.82 Å². The van der Waals surface area contributed by atoms with Crippen LogP contribution in [-0.2, 0) is 18.4 Å².